The van der Waals surface area contributed by atoms with E-state index < -0.39 is 4.73 Å². The molecule has 17 heavy (non-hydrogen) atoms. The van der Waals surface area contributed by atoms with Crippen molar-refractivity contribution in [3.63, 3.8) is 0 Å². The van der Waals surface area contributed by atoms with E-state index in [9.17, 15) is 0 Å². The number of fused-ring (bicyclic) bond motifs is 1. The van der Waals surface area contributed by atoms with Crippen molar-refractivity contribution < 1.29 is 9.47 Å². The van der Waals surface area contributed by atoms with Crippen LogP contribution in [0.1, 0.15) is 12.5 Å². The third kappa shape index (κ3) is 2.75. The minimum absolute atomic E-state index is 0.0762. The van der Waals surface area contributed by atoms with Crippen LogP contribution in [-0.2, 0) is 6.42 Å². The van der Waals surface area contributed by atoms with Crippen molar-refractivity contribution in [2.24, 2.45) is 5.73 Å². The lowest BCUT2D eigenvalue weighted by Crippen LogP contribution is -2.29. The van der Waals surface area contributed by atoms with E-state index in [4.69, 9.17) is 30.9 Å². The first-order chi connectivity index (χ1) is 7.91. The van der Waals surface area contributed by atoms with E-state index in [0.29, 0.717) is 5.75 Å². The molecule has 1 heterocycles. The molecule has 2 N–H and O–H groups in total. The van der Waals surface area contributed by atoms with Gasteiger partial charge in [0.2, 0.25) is 0 Å². The molecule has 0 aromatic heterocycles. The Hall–Kier alpha value is -0.740. The van der Waals surface area contributed by atoms with Crippen LogP contribution in [0, 0.1) is 0 Å². The molecule has 0 bridgehead atoms. The topological polar surface area (TPSA) is 44.5 Å². The molecule has 4 radical (unpaired) electrons. The molecule has 6 heteroatoms. The Kier molecular flexibility index (Phi) is 3.36. The SMILES string of the molecule is [B]C1([B])Oc2cc(CC(C)N)cc(OC)c2S1. The van der Waals surface area contributed by atoms with Gasteiger partial charge in [0.05, 0.1) is 16.7 Å². The minimum Gasteiger partial charge on any atom is -0.495 e. The molecule has 1 aliphatic rings. The van der Waals surface area contributed by atoms with Gasteiger partial charge < -0.3 is 15.2 Å². The third-order valence-electron chi connectivity index (χ3n) is 2.39. The van der Waals surface area contributed by atoms with Gasteiger partial charge in [-0.25, -0.2) is 0 Å². The van der Waals surface area contributed by atoms with Crippen LogP contribution in [0.4, 0.5) is 0 Å². The van der Waals surface area contributed by atoms with Crippen LogP contribution in [0.15, 0.2) is 17.0 Å². The van der Waals surface area contributed by atoms with Crippen molar-refractivity contribution in [2.75, 3.05) is 7.11 Å². The van der Waals surface area contributed by atoms with Gasteiger partial charge in [0, 0.05) is 6.04 Å². The van der Waals surface area contributed by atoms with Gasteiger partial charge in [-0.2, -0.15) is 0 Å². The molecular formula is C11H13B2NO2S. The average Bonchev–Trinajstić information content (AvgIpc) is 2.49. The van der Waals surface area contributed by atoms with Gasteiger partial charge in [-0.05, 0) is 31.0 Å². The number of benzene rings is 1. The summed E-state index contributed by atoms with van der Waals surface area (Å²) in [6, 6.07) is 3.93. The van der Waals surface area contributed by atoms with Crippen molar-refractivity contribution in [1.29, 1.82) is 0 Å². The molecule has 0 saturated carbocycles. The van der Waals surface area contributed by atoms with Gasteiger partial charge in [0.1, 0.15) is 27.2 Å². The molecule has 0 amide bonds. The van der Waals surface area contributed by atoms with Crippen molar-refractivity contribution in [3.05, 3.63) is 17.7 Å². The highest BCUT2D eigenvalue weighted by atomic mass is 32.2. The van der Waals surface area contributed by atoms with Crippen molar-refractivity contribution in [2.45, 2.75) is 29.0 Å². The highest BCUT2D eigenvalue weighted by Crippen LogP contribution is 2.49. The first-order valence-corrected chi connectivity index (χ1v) is 6.15. The van der Waals surface area contributed by atoms with E-state index in [1.165, 1.54) is 11.8 Å². The summed E-state index contributed by atoms with van der Waals surface area (Å²) in [4.78, 5) is 0.839. The van der Waals surface area contributed by atoms with Gasteiger partial charge in [0.15, 0.2) is 0 Å². The maximum absolute atomic E-state index is 5.78. The molecular weight excluding hydrogens is 232 g/mol. The highest BCUT2D eigenvalue weighted by molar-refractivity contribution is 8.03. The first kappa shape index (κ1) is 12.7. The predicted molar refractivity (Wildman–Crippen MR) is 71.1 cm³/mol. The Morgan fingerprint density at radius 2 is 2.24 bits per heavy atom. The predicted octanol–water partition coefficient (Wildman–Crippen LogP) is 1.02. The Balaban J connectivity index is 2.38. The van der Waals surface area contributed by atoms with Crippen LogP contribution >= 0.6 is 11.8 Å². The summed E-state index contributed by atoms with van der Waals surface area (Å²) < 4.78 is 9.56. The zero-order valence-corrected chi connectivity index (χ0v) is 10.7. The minimum atomic E-state index is -1.22. The summed E-state index contributed by atoms with van der Waals surface area (Å²) in [7, 11) is 13.1. The molecule has 86 valence electrons. The number of ether oxygens (including phenoxy) is 2. The number of rotatable bonds is 3. The molecule has 1 atom stereocenters. The Morgan fingerprint density at radius 3 is 2.82 bits per heavy atom. The monoisotopic (exact) mass is 245 g/mol. The smallest absolute Gasteiger partial charge is 0.136 e. The number of hydrogen-bond donors (Lipinski definition) is 1. The van der Waals surface area contributed by atoms with Gasteiger partial charge in [0.25, 0.3) is 0 Å². The number of thioether (sulfide) groups is 1. The zero-order valence-electron chi connectivity index (χ0n) is 9.90. The fourth-order valence-electron chi connectivity index (χ4n) is 1.80. The summed E-state index contributed by atoms with van der Waals surface area (Å²) in [6.45, 7) is 1.95. The molecule has 1 aromatic rings. The Morgan fingerprint density at radius 1 is 1.53 bits per heavy atom. The second kappa shape index (κ2) is 4.50. The van der Waals surface area contributed by atoms with E-state index in [1.807, 2.05) is 19.1 Å². The molecule has 1 unspecified atom stereocenters. The second-order valence-corrected chi connectivity index (χ2v) is 5.48. The van der Waals surface area contributed by atoms with Crippen LogP contribution in [0.5, 0.6) is 11.5 Å². The molecule has 0 saturated heterocycles. The van der Waals surface area contributed by atoms with Gasteiger partial charge in [-0.3, -0.25) is 0 Å². The number of methoxy groups -OCH3 is 1. The van der Waals surface area contributed by atoms with Crippen LogP contribution in [0.2, 0.25) is 0 Å². The zero-order chi connectivity index (χ0) is 12.6. The lowest BCUT2D eigenvalue weighted by atomic mass is 9.80. The number of nitrogens with two attached hydrogens (primary N) is 1. The van der Waals surface area contributed by atoms with Gasteiger partial charge in [-0.15, -0.1) is 0 Å². The maximum Gasteiger partial charge on any atom is 0.136 e. The molecule has 1 aromatic carbocycles. The van der Waals surface area contributed by atoms with E-state index >= 15 is 0 Å². The van der Waals surface area contributed by atoms with Crippen LogP contribution < -0.4 is 15.2 Å². The maximum atomic E-state index is 5.78. The summed E-state index contributed by atoms with van der Waals surface area (Å²) in [5.74, 6) is 1.39. The van der Waals surface area contributed by atoms with E-state index in [-0.39, 0.29) is 6.04 Å². The highest BCUT2D eigenvalue weighted by Gasteiger charge is 2.32. The Labute approximate surface area is 108 Å². The van der Waals surface area contributed by atoms with Crippen molar-refractivity contribution in [3.8, 4) is 11.5 Å². The van der Waals surface area contributed by atoms with Crippen molar-refractivity contribution >= 4 is 27.5 Å². The van der Waals surface area contributed by atoms with E-state index in [0.717, 1.165) is 22.6 Å². The second-order valence-electron chi connectivity index (χ2n) is 4.23. The largest absolute Gasteiger partial charge is 0.495 e. The number of hydrogen-bond acceptors (Lipinski definition) is 4. The fraction of sp³-hybridized carbons (Fsp3) is 0.455. The molecule has 0 aliphatic carbocycles. The summed E-state index contributed by atoms with van der Waals surface area (Å²) in [5, 5.41) is 0. The lowest BCUT2D eigenvalue weighted by Gasteiger charge is -2.17. The molecule has 1 aliphatic heterocycles. The quantitative estimate of drug-likeness (QED) is 0.807. The molecule has 2 rings (SSSR count). The summed E-state index contributed by atoms with van der Waals surface area (Å²) in [6.07, 6.45) is 0.750. The normalized spacial score (nSPS) is 18.3. The standard InChI is InChI=1S/C11H13B2NO2S/c1-6(14)3-7-4-8(15-2)10-9(5-7)16-11(12,13)17-10/h4-6H,3,14H2,1-2H3. The van der Waals surface area contributed by atoms with Gasteiger partial charge >= 0.3 is 0 Å². The first-order valence-electron chi connectivity index (χ1n) is 5.33. The molecule has 0 fully saturated rings. The summed E-state index contributed by atoms with van der Waals surface area (Å²) >= 11 is 1.25. The molecule has 0 spiro atoms. The van der Waals surface area contributed by atoms with Crippen LogP contribution in [0.3, 0.4) is 0 Å². The van der Waals surface area contributed by atoms with Crippen LogP contribution in [0.25, 0.3) is 0 Å². The fourth-order valence-corrected chi connectivity index (χ4v) is 2.70. The van der Waals surface area contributed by atoms with E-state index in [1.54, 1.807) is 7.11 Å². The average molecular weight is 245 g/mol. The Bertz CT molecular complexity index is 438. The molecule has 3 nitrogen and oxygen atoms in total. The third-order valence-corrected chi connectivity index (χ3v) is 3.40. The summed E-state index contributed by atoms with van der Waals surface area (Å²) in [5.41, 5.74) is 6.83. The van der Waals surface area contributed by atoms with Crippen molar-refractivity contribution in [1.82, 2.24) is 0 Å². The van der Waals surface area contributed by atoms with Crippen LogP contribution in [-0.4, -0.2) is 33.6 Å². The lowest BCUT2D eigenvalue weighted by molar-refractivity contribution is 0.327. The van der Waals surface area contributed by atoms with Gasteiger partial charge in [-0.1, -0.05) is 11.8 Å². The van der Waals surface area contributed by atoms with E-state index in [2.05, 4.69) is 0 Å².